The lowest BCUT2D eigenvalue weighted by Crippen LogP contribution is -2.32. The Morgan fingerprint density at radius 3 is 2.29 bits per heavy atom. The Morgan fingerprint density at radius 1 is 1.00 bits per heavy atom. The first-order valence-electron chi connectivity index (χ1n) is 9.29. The second kappa shape index (κ2) is 8.95. The number of carbonyl (C=O) groups is 2. The molecular weight excluding hydrogens is 350 g/mol. The van der Waals surface area contributed by atoms with Crippen LogP contribution >= 0.6 is 0 Å². The molecule has 0 radical (unpaired) electrons. The number of rotatable bonds is 6. The smallest absolute Gasteiger partial charge is 0.276 e. The summed E-state index contributed by atoms with van der Waals surface area (Å²) in [6, 6.07) is 22.2. The van der Waals surface area contributed by atoms with Crippen LogP contribution in [-0.2, 0) is 0 Å². The summed E-state index contributed by atoms with van der Waals surface area (Å²) < 4.78 is 0. The summed E-state index contributed by atoms with van der Waals surface area (Å²) in [6.45, 7) is 4.34. The Hall–Kier alpha value is -3.47. The van der Waals surface area contributed by atoms with Crippen molar-refractivity contribution in [3.63, 3.8) is 0 Å². The number of anilines is 1. The van der Waals surface area contributed by atoms with Gasteiger partial charge < -0.3 is 10.2 Å². The Bertz CT molecular complexity index is 942. The largest absolute Gasteiger partial charge is 0.346 e. The molecule has 3 rings (SSSR count). The molecule has 0 aliphatic carbocycles. The number of carbonyl (C=O) groups excluding carboxylic acids is 2. The van der Waals surface area contributed by atoms with Gasteiger partial charge in [-0.3, -0.25) is 14.6 Å². The predicted octanol–water partition coefficient (Wildman–Crippen LogP) is 4.24. The van der Waals surface area contributed by atoms with Crippen LogP contribution in [0.1, 0.15) is 46.3 Å². The van der Waals surface area contributed by atoms with E-state index in [-0.39, 0.29) is 23.6 Å². The fraction of sp³-hybridized carbons (Fsp3) is 0.174. The first-order valence-corrected chi connectivity index (χ1v) is 9.29. The highest BCUT2D eigenvalue weighted by Crippen LogP contribution is 2.17. The maximum atomic E-state index is 12.9. The molecule has 0 fully saturated rings. The predicted molar refractivity (Wildman–Crippen MR) is 110 cm³/mol. The lowest BCUT2D eigenvalue weighted by molar-refractivity contribution is 0.0939. The first kappa shape index (κ1) is 19.3. The SMILES string of the molecule is CCN(C(=O)c1cc(C(=O)NC(C)c2ccccc2)ccn1)c1ccccc1. The van der Waals surface area contributed by atoms with Crippen LogP contribution in [0.5, 0.6) is 0 Å². The zero-order valence-electron chi connectivity index (χ0n) is 16.0. The zero-order chi connectivity index (χ0) is 19.9. The van der Waals surface area contributed by atoms with E-state index in [0.717, 1.165) is 11.3 Å². The summed E-state index contributed by atoms with van der Waals surface area (Å²) in [5.74, 6) is -0.477. The van der Waals surface area contributed by atoms with E-state index in [1.807, 2.05) is 74.5 Å². The van der Waals surface area contributed by atoms with E-state index in [1.165, 1.54) is 6.20 Å². The molecule has 1 aromatic heterocycles. The minimum absolute atomic E-state index is 0.141. The lowest BCUT2D eigenvalue weighted by atomic mass is 10.1. The van der Waals surface area contributed by atoms with Crippen molar-refractivity contribution in [3.05, 3.63) is 95.8 Å². The highest BCUT2D eigenvalue weighted by molar-refractivity contribution is 6.06. The Morgan fingerprint density at radius 2 is 1.64 bits per heavy atom. The van der Waals surface area contributed by atoms with Gasteiger partial charge in [0.2, 0.25) is 0 Å². The van der Waals surface area contributed by atoms with Crippen LogP contribution < -0.4 is 10.2 Å². The molecule has 1 atom stereocenters. The quantitative estimate of drug-likeness (QED) is 0.703. The monoisotopic (exact) mass is 373 g/mol. The van der Waals surface area contributed by atoms with Crippen LogP contribution in [0.3, 0.4) is 0 Å². The van der Waals surface area contributed by atoms with Crippen molar-refractivity contribution >= 4 is 17.5 Å². The number of para-hydroxylation sites is 1. The van der Waals surface area contributed by atoms with Crippen LogP contribution in [0, 0.1) is 0 Å². The number of nitrogens with one attached hydrogen (secondary N) is 1. The van der Waals surface area contributed by atoms with Gasteiger partial charge in [0.1, 0.15) is 5.69 Å². The number of pyridine rings is 1. The van der Waals surface area contributed by atoms with E-state index < -0.39 is 0 Å². The van der Waals surface area contributed by atoms with Crippen LogP contribution in [0.25, 0.3) is 0 Å². The van der Waals surface area contributed by atoms with Gasteiger partial charge in [-0.15, -0.1) is 0 Å². The number of amides is 2. The number of nitrogens with zero attached hydrogens (tertiary/aromatic N) is 2. The van der Waals surface area contributed by atoms with E-state index in [4.69, 9.17) is 0 Å². The van der Waals surface area contributed by atoms with Crippen molar-refractivity contribution in [3.8, 4) is 0 Å². The molecule has 2 aromatic carbocycles. The Balaban J connectivity index is 1.77. The van der Waals surface area contributed by atoms with Crippen molar-refractivity contribution < 1.29 is 9.59 Å². The number of benzene rings is 2. The van der Waals surface area contributed by atoms with E-state index in [9.17, 15) is 9.59 Å². The molecule has 1 unspecified atom stereocenters. The minimum Gasteiger partial charge on any atom is -0.346 e. The molecule has 5 nitrogen and oxygen atoms in total. The van der Waals surface area contributed by atoms with E-state index in [0.29, 0.717) is 12.1 Å². The fourth-order valence-electron chi connectivity index (χ4n) is 2.98. The summed E-state index contributed by atoms with van der Waals surface area (Å²) in [5, 5.41) is 2.96. The van der Waals surface area contributed by atoms with Crippen molar-refractivity contribution in [2.75, 3.05) is 11.4 Å². The molecule has 0 spiro atoms. The maximum Gasteiger partial charge on any atom is 0.276 e. The third-order valence-electron chi connectivity index (χ3n) is 4.52. The van der Waals surface area contributed by atoms with E-state index >= 15 is 0 Å². The van der Waals surface area contributed by atoms with Gasteiger partial charge in [0.15, 0.2) is 0 Å². The second-order valence-corrected chi connectivity index (χ2v) is 6.42. The molecule has 2 amide bonds. The van der Waals surface area contributed by atoms with Gasteiger partial charge in [-0.05, 0) is 43.7 Å². The maximum absolute atomic E-state index is 12.9. The van der Waals surface area contributed by atoms with Gasteiger partial charge in [0.25, 0.3) is 11.8 Å². The molecule has 142 valence electrons. The third-order valence-corrected chi connectivity index (χ3v) is 4.52. The van der Waals surface area contributed by atoms with Gasteiger partial charge in [-0.1, -0.05) is 48.5 Å². The summed E-state index contributed by atoms with van der Waals surface area (Å²) in [5.41, 5.74) is 2.46. The van der Waals surface area contributed by atoms with Gasteiger partial charge in [0.05, 0.1) is 6.04 Å². The first-order chi connectivity index (χ1) is 13.6. The summed E-state index contributed by atoms with van der Waals surface area (Å²) >= 11 is 0. The molecular formula is C23H23N3O2. The van der Waals surface area contributed by atoms with Gasteiger partial charge in [0, 0.05) is 24.0 Å². The van der Waals surface area contributed by atoms with Gasteiger partial charge in [-0.2, -0.15) is 0 Å². The van der Waals surface area contributed by atoms with Crippen LogP contribution in [0.4, 0.5) is 5.69 Å². The Labute approximate surface area is 165 Å². The molecule has 28 heavy (non-hydrogen) atoms. The molecule has 1 N–H and O–H groups in total. The third kappa shape index (κ3) is 4.43. The van der Waals surface area contributed by atoms with Gasteiger partial charge in [-0.25, -0.2) is 0 Å². The van der Waals surface area contributed by atoms with Gasteiger partial charge >= 0.3 is 0 Å². The highest BCUT2D eigenvalue weighted by Gasteiger charge is 2.19. The standard InChI is InChI=1S/C23H23N3O2/c1-3-26(20-12-8-5-9-13-20)23(28)21-16-19(14-15-24-21)22(27)25-17(2)18-10-6-4-7-11-18/h4-17H,3H2,1-2H3,(H,25,27). The molecule has 1 heterocycles. The summed E-state index contributed by atoms with van der Waals surface area (Å²) in [4.78, 5) is 31.4. The Kier molecular flexibility index (Phi) is 6.17. The average molecular weight is 373 g/mol. The number of hydrogen-bond acceptors (Lipinski definition) is 3. The molecule has 5 heteroatoms. The molecule has 0 saturated heterocycles. The second-order valence-electron chi connectivity index (χ2n) is 6.42. The van der Waals surface area contributed by atoms with E-state index in [1.54, 1.807) is 17.0 Å². The van der Waals surface area contributed by atoms with Crippen molar-refractivity contribution in [2.45, 2.75) is 19.9 Å². The zero-order valence-corrected chi connectivity index (χ0v) is 16.0. The fourth-order valence-corrected chi connectivity index (χ4v) is 2.98. The summed E-state index contributed by atoms with van der Waals surface area (Å²) in [7, 11) is 0. The number of hydrogen-bond donors (Lipinski definition) is 1. The van der Waals surface area contributed by atoms with E-state index in [2.05, 4.69) is 10.3 Å². The van der Waals surface area contributed by atoms with Crippen molar-refractivity contribution in [1.82, 2.24) is 10.3 Å². The molecule has 0 aliphatic heterocycles. The van der Waals surface area contributed by atoms with Crippen molar-refractivity contribution in [2.24, 2.45) is 0 Å². The molecule has 0 saturated carbocycles. The van der Waals surface area contributed by atoms with Crippen LogP contribution in [0.2, 0.25) is 0 Å². The average Bonchev–Trinajstić information content (AvgIpc) is 2.75. The minimum atomic E-state index is -0.240. The lowest BCUT2D eigenvalue weighted by Gasteiger charge is -2.21. The normalized spacial score (nSPS) is 11.5. The molecule has 0 bridgehead atoms. The number of aromatic nitrogens is 1. The molecule has 0 aliphatic rings. The van der Waals surface area contributed by atoms with Crippen molar-refractivity contribution in [1.29, 1.82) is 0 Å². The van der Waals surface area contributed by atoms with Crippen LogP contribution in [-0.4, -0.2) is 23.3 Å². The topological polar surface area (TPSA) is 62.3 Å². The molecule has 3 aromatic rings. The summed E-state index contributed by atoms with van der Waals surface area (Å²) in [6.07, 6.45) is 1.49. The van der Waals surface area contributed by atoms with Crippen LogP contribution in [0.15, 0.2) is 79.0 Å². The highest BCUT2D eigenvalue weighted by atomic mass is 16.2.